The molecule has 0 aliphatic rings. The Morgan fingerprint density at radius 1 is 1.25 bits per heavy atom. The van der Waals surface area contributed by atoms with Crippen molar-refractivity contribution in [2.24, 2.45) is 5.10 Å². The molecule has 0 unspecified atom stereocenters. The maximum absolute atomic E-state index is 5.37. The molecule has 0 aliphatic carbocycles. The Hall–Kier alpha value is -2.25. The summed E-state index contributed by atoms with van der Waals surface area (Å²) in [5.74, 6) is 3.15. The molecule has 0 saturated carbocycles. The van der Waals surface area contributed by atoms with Crippen LogP contribution < -0.4 is 10.2 Å². The van der Waals surface area contributed by atoms with Crippen molar-refractivity contribution in [3.05, 3.63) is 58.6 Å². The molecule has 4 heteroatoms. The predicted octanol–water partition coefficient (Wildman–Crippen LogP) is 3.91. The molecule has 1 N–H and O–H groups in total. The van der Waals surface area contributed by atoms with Gasteiger partial charge in [-0.1, -0.05) is 24.1 Å². The second-order valence-corrected chi connectivity index (χ2v) is 4.77. The van der Waals surface area contributed by atoms with Gasteiger partial charge < -0.3 is 4.74 Å². The first kappa shape index (κ1) is 14.2. The van der Waals surface area contributed by atoms with E-state index in [-0.39, 0.29) is 6.61 Å². The average Bonchev–Trinajstić information content (AvgIpc) is 2.47. The first-order chi connectivity index (χ1) is 9.79. The van der Waals surface area contributed by atoms with Crippen LogP contribution in [-0.4, -0.2) is 12.8 Å². The highest BCUT2D eigenvalue weighted by Gasteiger charge is 2.00. The topological polar surface area (TPSA) is 33.6 Å². The summed E-state index contributed by atoms with van der Waals surface area (Å²) >= 11 is 3.44. The smallest absolute Gasteiger partial charge is 0.148 e. The summed E-state index contributed by atoms with van der Waals surface area (Å²) in [7, 11) is 0. The molecular formula is C16H13BrN2O. The lowest BCUT2D eigenvalue weighted by atomic mass is 10.2. The van der Waals surface area contributed by atoms with Crippen molar-refractivity contribution >= 4 is 27.8 Å². The predicted molar refractivity (Wildman–Crippen MR) is 86.1 cm³/mol. The lowest BCUT2D eigenvalue weighted by Gasteiger charge is -2.05. The highest BCUT2D eigenvalue weighted by molar-refractivity contribution is 9.10. The number of anilines is 1. The average molecular weight is 329 g/mol. The van der Waals surface area contributed by atoms with Crippen LogP contribution in [0.4, 0.5) is 5.69 Å². The zero-order chi connectivity index (χ0) is 14.2. The van der Waals surface area contributed by atoms with Gasteiger partial charge in [0.15, 0.2) is 0 Å². The van der Waals surface area contributed by atoms with Crippen molar-refractivity contribution in [3.63, 3.8) is 0 Å². The monoisotopic (exact) mass is 328 g/mol. The van der Waals surface area contributed by atoms with Gasteiger partial charge in [0.05, 0.1) is 16.4 Å². The van der Waals surface area contributed by atoms with E-state index in [1.165, 1.54) is 0 Å². The Balaban J connectivity index is 2.00. The van der Waals surface area contributed by atoms with Crippen LogP contribution in [0.1, 0.15) is 5.56 Å². The summed E-state index contributed by atoms with van der Waals surface area (Å²) in [4.78, 5) is 0. The fourth-order valence-corrected chi connectivity index (χ4v) is 2.04. The molecule has 0 amide bonds. The van der Waals surface area contributed by atoms with Crippen LogP contribution in [-0.2, 0) is 0 Å². The van der Waals surface area contributed by atoms with Gasteiger partial charge in [-0.3, -0.25) is 5.43 Å². The van der Waals surface area contributed by atoms with Gasteiger partial charge in [-0.05, 0) is 51.8 Å². The van der Waals surface area contributed by atoms with Crippen LogP contribution in [0.2, 0.25) is 0 Å². The largest absolute Gasteiger partial charge is 0.480 e. The van der Waals surface area contributed by atoms with E-state index in [0.29, 0.717) is 0 Å². The molecule has 100 valence electrons. The number of hydrogen-bond acceptors (Lipinski definition) is 3. The van der Waals surface area contributed by atoms with Gasteiger partial charge in [0.1, 0.15) is 12.4 Å². The van der Waals surface area contributed by atoms with E-state index in [0.717, 1.165) is 21.5 Å². The van der Waals surface area contributed by atoms with Crippen molar-refractivity contribution in [2.45, 2.75) is 0 Å². The summed E-state index contributed by atoms with van der Waals surface area (Å²) in [5, 5.41) is 4.18. The molecule has 2 rings (SSSR count). The minimum atomic E-state index is 0.252. The van der Waals surface area contributed by atoms with Gasteiger partial charge in [-0.25, -0.2) is 0 Å². The molecule has 0 aromatic heterocycles. The second-order valence-electron chi connectivity index (χ2n) is 3.92. The summed E-state index contributed by atoms with van der Waals surface area (Å²) < 4.78 is 6.22. The highest BCUT2D eigenvalue weighted by atomic mass is 79.9. The number of hydrazone groups is 1. The summed E-state index contributed by atoms with van der Waals surface area (Å²) in [6, 6.07) is 15.4. The number of nitrogens with one attached hydrogen (secondary N) is 1. The van der Waals surface area contributed by atoms with Crippen molar-refractivity contribution < 1.29 is 4.74 Å². The lowest BCUT2D eigenvalue weighted by molar-refractivity contribution is 0.368. The lowest BCUT2D eigenvalue weighted by Crippen LogP contribution is -1.95. The molecule has 0 saturated heterocycles. The number of nitrogens with zero attached hydrogens (tertiary/aromatic N) is 1. The molecule has 0 atom stereocenters. The second kappa shape index (κ2) is 7.37. The minimum Gasteiger partial charge on any atom is -0.480 e. The zero-order valence-corrected chi connectivity index (χ0v) is 12.3. The molecule has 0 radical (unpaired) electrons. The molecular weight excluding hydrogens is 316 g/mol. The SMILES string of the molecule is C#CCOc1ccc(C=NNc2ccccc2)cc1Br. The van der Waals surface area contributed by atoms with Crippen molar-refractivity contribution in [3.8, 4) is 18.1 Å². The Morgan fingerprint density at radius 2 is 2.05 bits per heavy atom. The van der Waals surface area contributed by atoms with E-state index in [4.69, 9.17) is 11.2 Å². The van der Waals surface area contributed by atoms with Gasteiger partial charge in [0, 0.05) is 0 Å². The van der Waals surface area contributed by atoms with Crippen LogP contribution in [0, 0.1) is 12.3 Å². The molecule has 0 bridgehead atoms. The van der Waals surface area contributed by atoms with Crippen LogP contribution in [0.25, 0.3) is 0 Å². The molecule has 2 aromatic rings. The van der Waals surface area contributed by atoms with Crippen molar-refractivity contribution in [1.29, 1.82) is 0 Å². The summed E-state index contributed by atoms with van der Waals surface area (Å²) in [6.07, 6.45) is 6.90. The molecule has 3 nitrogen and oxygen atoms in total. The number of benzene rings is 2. The minimum absolute atomic E-state index is 0.252. The molecule has 0 spiro atoms. The first-order valence-electron chi connectivity index (χ1n) is 5.99. The van der Waals surface area contributed by atoms with Gasteiger partial charge >= 0.3 is 0 Å². The summed E-state index contributed by atoms with van der Waals surface area (Å²) in [5.41, 5.74) is 4.85. The van der Waals surface area contributed by atoms with Gasteiger partial charge in [-0.15, -0.1) is 6.42 Å². The zero-order valence-electron chi connectivity index (χ0n) is 10.7. The third-order valence-electron chi connectivity index (χ3n) is 2.45. The Morgan fingerprint density at radius 3 is 2.75 bits per heavy atom. The number of terminal acetylenes is 1. The third kappa shape index (κ3) is 4.15. The van der Waals surface area contributed by atoms with E-state index >= 15 is 0 Å². The van der Waals surface area contributed by atoms with E-state index < -0.39 is 0 Å². The van der Waals surface area contributed by atoms with Crippen LogP contribution in [0.3, 0.4) is 0 Å². The molecule has 2 aromatic carbocycles. The van der Waals surface area contributed by atoms with Gasteiger partial charge in [0.2, 0.25) is 0 Å². The first-order valence-corrected chi connectivity index (χ1v) is 6.79. The maximum atomic E-state index is 5.37. The Labute approximate surface area is 126 Å². The Kier molecular flexibility index (Phi) is 5.22. The number of ether oxygens (including phenoxy) is 1. The fraction of sp³-hybridized carbons (Fsp3) is 0.0625. The van der Waals surface area contributed by atoms with E-state index in [1.807, 2.05) is 48.5 Å². The summed E-state index contributed by atoms with van der Waals surface area (Å²) in [6.45, 7) is 0.252. The van der Waals surface area contributed by atoms with E-state index in [1.54, 1.807) is 6.21 Å². The van der Waals surface area contributed by atoms with Crippen molar-refractivity contribution in [1.82, 2.24) is 0 Å². The van der Waals surface area contributed by atoms with Crippen LogP contribution in [0.5, 0.6) is 5.75 Å². The molecule has 0 aliphatic heterocycles. The highest BCUT2D eigenvalue weighted by Crippen LogP contribution is 2.25. The number of halogens is 1. The number of hydrogen-bond donors (Lipinski definition) is 1. The Bertz CT molecular complexity index is 633. The third-order valence-corrected chi connectivity index (χ3v) is 3.07. The van der Waals surface area contributed by atoms with E-state index in [9.17, 15) is 0 Å². The number of para-hydroxylation sites is 1. The van der Waals surface area contributed by atoms with Crippen LogP contribution in [0.15, 0.2) is 58.1 Å². The normalized spacial score (nSPS) is 10.2. The molecule has 0 heterocycles. The van der Waals surface area contributed by atoms with Gasteiger partial charge in [-0.2, -0.15) is 5.10 Å². The molecule has 20 heavy (non-hydrogen) atoms. The quantitative estimate of drug-likeness (QED) is 0.513. The van der Waals surface area contributed by atoms with Crippen molar-refractivity contribution in [2.75, 3.05) is 12.0 Å². The fourth-order valence-electron chi connectivity index (χ4n) is 1.53. The maximum Gasteiger partial charge on any atom is 0.148 e. The number of rotatable bonds is 5. The van der Waals surface area contributed by atoms with Gasteiger partial charge in [0.25, 0.3) is 0 Å². The molecule has 0 fully saturated rings. The van der Waals surface area contributed by atoms with Crippen LogP contribution >= 0.6 is 15.9 Å². The van der Waals surface area contributed by atoms with E-state index in [2.05, 4.69) is 32.4 Å². The standard InChI is InChI=1S/C16H13BrN2O/c1-2-10-20-16-9-8-13(11-15(16)17)12-18-19-14-6-4-3-5-7-14/h1,3-9,11-12,19H,10H2.